The van der Waals surface area contributed by atoms with Gasteiger partial charge in [-0.15, -0.1) is 0 Å². The highest BCUT2D eigenvalue weighted by Gasteiger charge is 2.28. The minimum absolute atomic E-state index is 0.0569. The van der Waals surface area contributed by atoms with Crippen LogP contribution in [0.5, 0.6) is 5.75 Å². The molecule has 23 heavy (non-hydrogen) atoms. The van der Waals surface area contributed by atoms with Crippen molar-refractivity contribution in [2.45, 2.75) is 12.8 Å². The average molecular weight is 329 g/mol. The molecule has 1 heterocycles. The third kappa shape index (κ3) is 2.73. The normalized spacial score (nSPS) is 12.3. The minimum Gasteiger partial charge on any atom is -0.507 e. The lowest BCUT2D eigenvalue weighted by Gasteiger charge is -2.16. The number of para-hydroxylation sites is 1. The fourth-order valence-electron chi connectivity index (χ4n) is 2.66. The van der Waals surface area contributed by atoms with Crippen LogP contribution in [-0.4, -0.2) is 10.9 Å². The van der Waals surface area contributed by atoms with Crippen LogP contribution in [0.25, 0.3) is 11.0 Å². The Morgan fingerprint density at radius 3 is 2.43 bits per heavy atom. The number of ketones is 1. The highest BCUT2D eigenvalue weighted by atomic mass is 35.5. The van der Waals surface area contributed by atoms with E-state index in [-0.39, 0.29) is 22.7 Å². The van der Waals surface area contributed by atoms with Crippen LogP contribution in [0, 0.1) is 0 Å². The van der Waals surface area contributed by atoms with E-state index in [2.05, 4.69) is 0 Å². The lowest BCUT2D eigenvalue weighted by molar-refractivity contribution is -0.117. The second-order valence-corrected chi connectivity index (χ2v) is 5.68. The maximum Gasteiger partial charge on any atom is 0.344 e. The van der Waals surface area contributed by atoms with E-state index < -0.39 is 11.5 Å². The van der Waals surface area contributed by atoms with Crippen molar-refractivity contribution in [1.82, 2.24) is 0 Å². The smallest absolute Gasteiger partial charge is 0.344 e. The predicted molar refractivity (Wildman–Crippen MR) is 88.1 cm³/mol. The number of aromatic hydroxyl groups is 1. The second kappa shape index (κ2) is 5.89. The summed E-state index contributed by atoms with van der Waals surface area (Å²) in [6.45, 7) is 1.37. The first-order chi connectivity index (χ1) is 11.0. The van der Waals surface area contributed by atoms with E-state index in [1.165, 1.54) is 6.92 Å². The number of fused-ring (bicyclic) bond motifs is 1. The monoisotopic (exact) mass is 328 g/mol. The van der Waals surface area contributed by atoms with Gasteiger partial charge in [-0.2, -0.15) is 0 Å². The van der Waals surface area contributed by atoms with Crippen LogP contribution in [0.4, 0.5) is 0 Å². The van der Waals surface area contributed by atoms with Crippen LogP contribution in [-0.2, 0) is 4.79 Å². The highest BCUT2D eigenvalue weighted by molar-refractivity contribution is 6.30. The largest absolute Gasteiger partial charge is 0.507 e. The van der Waals surface area contributed by atoms with Gasteiger partial charge in [0.15, 0.2) is 0 Å². The molecular formula is C18H13ClO4. The Morgan fingerprint density at radius 2 is 1.78 bits per heavy atom. The molecule has 0 spiro atoms. The molecule has 0 bridgehead atoms. The van der Waals surface area contributed by atoms with Crippen LogP contribution in [0.1, 0.15) is 24.0 Å². The maximum absolute atomic E-state index is 12.3. The third-order valence-electron chi connectivity index (χ3n) is 3.72. The summed E-state index contributed by atoms with van der Waals surface area (Å²) in [7, 11) is 0. The first kappa shape index (κ1) is 15.3. The molecule has 0 aliphatic heterocycles. The maximum atomic E-state index is 12.3. The number of halogens is 1. The number of hydrogen-bond donors (Lipinski definition) is 1. The van der Waals surface area contributed by atoms with E-state index in [4.69, 9.17) is 16.0 Å². The first-order valence-electron chi connectivity index (χ1n) is 6.99. The van der Waals surface area contributed by atoms with Crippen molar-refractivity contribution < 1.29 is 14.3 Å². The zero-order valence-corrected chi connectivity index (χ0v) is 13.0. The predicted octanol–water partition coefficient (Wildman–Crippen LogP) is 3.87. The summed E-state index contributed by atoms with van der Waals surface area (Å²) in [5.41, 5.74) is 0.0619. The summed E-state index contributed by atoms with van der Waals surface area (Å²) in [5.74, 6) is -1.41. The van der Waals surface area contributed by atoms with Crippen molar-refractivity contribution in [1.29, 1.82) is 0 Å². The molecule has 1 aromatic heterocycles. The molecule has 0 saturated carbocycles. The van der Waals surface area contributed by atoms with E-state index in [1.54, 1.807) is 48.5 Å². The number of hydrogen-bond acceptors (Lipinski definition) is 4. The molecule has 4 nitrogen and oxygen atoms in total. The Morgan fingerprint density at radius 1 is 1.13 bits per heavy atom. The van der Waals surface area contributed by atoms with Gasteiger partial charge in [0.25, 0.3) is 0 Å². The van der Waals surface area contributed by atoms with Crippen LogP contribution in [0.3, 0.4) is 0 Å². The molecule has 0 aliphatic carbocycles. The van der Waals surface area contributed by atoms with Gasteiger partial charge in [-0.3, -0.25) is 4.79 Å². The van der Waals surface area contributed by atoms with E-state index >= 15 is 0 Å². The topological polar surface area (TPSA) is 67.5 Å². The van der Waals surface area contributed by atoms with Crippen LogP contribution >= 0.6 is 11.6 Å². The number of Topliss-reactive ketones (excluding diaryl/α,β-unsaturated/α-hetero) is 1. The van der Waals surface area contributed by atoms with Crippen molar-refractivity contribution in [2.75, 3.05) is 0 Å². The van der Waals surface area contributed by atoms with E-state index in [0.717, 1.165) is 0 Å². The summed E-state index contributed by atoms with van der Waals surface area (Å²) in [6, 6.07) is 13.2. The molecular weight excluding hydrogens is 316 g/mol. The molecule has 2 aromatic carbocycles. The number of benzene rings is 2. The SMILES string of the molecule is CC(=O)[C@H](c1ccc(Cl)cc1)c1c(O)c2ccccc2oc1=O. The van der Waals surface area contributed by atoms with E-state index in [0.29, 0.717) is 16.0 Å². The summed E-state index contributed by atoms with van der Waals surface area (Å²) < 4.78 is 5.26. The first-order valence-corrected chi connectivity index (χ1v) is 7.37. The van der Waals surface area contributed by atoms with Crippen LogP contribution < -0.4 is 5.63 Å². The molecule has 0 radical (unpaired) electrons. The zero-order chi connectivity index (χ0) is 16.6. The molecule has 3 aromatic rings. The lowest BCUT2D eigenvalue weighted by Crippen LogP contribution is -2.19. The van der Waals surface area contributed by atoms with Gasteiger partial charge in [-0.05, 0) is 36.8 Å². The fourth-order valence-corrected chi connectivity index (χ4v) is 2.79. The Hall–Kier alpha value is -2.59. The van der Waals surface area contributed by atoms with Gasteiger partial charge in [0, 0.05) is 5.02 Å². The standard InChI is InChI=1S/C18H13ClO4/c1-10(20)15(11-6-8-12(19)9-7-11)16-17(21)13-4-2-3-5-14(13)23-18(16)22/h2-9,15,21H,1H3/t15-/m1/s1. The average Bonchev–Trinajstić information content (AvgIpc) is 2.52. The Kier molecular flexibility index (Phi) is 3.92. The van der Waals surface area contributed by atoms with Crippen LogP contribution in [0.2, 0.25) is 5.02 Å². The molecule has 0 unspecified atom stereocenters. The van der Waals surface area contributed by atoms with Gasteiger partial charge in [0.1, 0.15) is 17.1 Å². The van der Waals surface area contributed by atoms with Gasteiger partial charge < -0.3 is 9.52 Å². The number of rotatable bonds is 3. The van der Waals surface area contributed by atoms with Gasteiger partial charge in [0.05, 0.1) is 16.9 Å². The van der Waals surface area contributed by atoms with Crippen molar-refractivity contribution in [2.24, 2.45) is 0 Å². The Bertz CT molecular complexity index is 941. The molecule has 1 N–H and O–H groups in total. The third-order valence-corrected chi connectivity index (χ3v) is 3.97. The second-order valence-electron chi connectivity index (χ2n) is 5.24. The highest BCUT2D eigenvalue weighted by Crippen LogP contribution is 2.34. The lowest BCUT2D eigenvalue weighted by atomic mass is 9.88. The van der Waals surface area contributed by atoms with Gasteiger partial charge in [-0.25, -0.2) is 4.79 Å². The molecule has 0 amide bonds. The molecule has 0 saturated heterocycles. The molecule has 116 valence electrons. The number of carbonyl (C=O) groups is 1. The minimum atomic E-state index is -0.909. The van der Waals surface area contributed by atoms with Gasteiger partial charge in [0.2, 0.25) is 0 Å². The summed E-state index contributed by atoms with van der Waals surface area (Å²) >= 11 is 5.87. The summed E-state index contributed by atoms with van der Waals surface area (Å²) in [6.07, 6.45) is 0. The van der Waals surface area contributed by atoms with Gasteiger partial charge in [-0.1, -0.05) is 35.9 Å². The molecule has 3 rings (SSSR count). The molecule has 5 heteroatoms. The molecule has 0 aliphatic rings. The van der Waals surface area contributed by atoms with Crippen molar-refractivity contribution in [3.63, 3.8) is 0 Å². The molecule has 0 fully saturated rings. The van der Waals surface area contributed by atoms with Crippen molar-refractivity contribution in [3.8, 4) is 5.75 Å². The van der Waals surface area contributed by atoms with Crippen LogP contribution in [0.15, 0.2) is 57.7 Å². The van der Waals surface area contributed by atoms with E-state index in [1.807, 2.05) is 0 Å². The number of carbonyl (C=O) groups excluding carboxylic acids is 1. The molecule has 1 atom stereocenters. The Balaban J connectivity index is 2.29. The summed E-state index contributed by atoms with van der Waals surface area (Å²) in [5, 5.41) is 11.4. The van der Waals surface area contributed by atoms with Crippen molar-refractivity contribution in [3.05, 3.63) is 75.1 Å². The van der Waals surface area contributed by atoms with E-state index in [9.17, 15) is 14.7 Å². The zero-order valence-electron chi connectivity index (χ0n) is 12.2. The van der Waals surface area contributed by atoms with Gasteiger partial charge >= 0.3 is 5.63 Å². The Labute approximate surface area is 136 Å². The summed E-state index contributed by atoms with van der Waals surface area (Å²) in [4.78, 5) is 24.5. The quantitative estimate of drug-likeness (QED) is 0.741. The fraction of sp³-hybridized carbons (Fsp3) is 0.111. The van der Waals surface area contributed by atoms with Crippen molar-refractivity contribution >= 4 is 28.4 Å².